The molecule has 2 aromatic rings. The van der Waals surface area contributed by atoms with Crippen LogP contribution in [0.25, 0.3) is 0 Å². The molecule has 18 heavy (non-hydrogen) atoms. The van der Waals surface area contributed by atoms with Crippen molar-refractivity contribution in [2.24, 2.45) is 0 Å². The summed E-state index contributed by atoms with van der Waals surface area (Å²) in [5.74, 6) is -0.0809. The zero-order valence-electron chi connectivity index (χ0n) is 10.4. The maximum Gasteiger partial charge on any atom is 0.347 e. The summed E-state index contributed by atoms with van der Waals surface area (Å²) in [6, 6.07) is 7.35. The van der Waals surface area contributed by atoms with E-state index in [0.29, 0.717) is 5.56 Å². The molecule has 4 heteroatoms. The summed E-state index contributed by atoms with van der Waals surface area (Å²) < 4.78 is 1.34. The highest BCUT2D eigenvalue weighted by Gasteiger charge is 2.10. The SMILES string of the molecule is Cc1cnc(=O)n(CC(=O)c2ccccc2C)c1. The minimum atomic E-state index is -0.400. The zero-order chi connectivity index (χ0) is 13.1. The fourth-order valence-corrected chi connectivity index (χ4v) is 1.80. The molecule has 0 atom stereocenters. The van der Waals surface area contributed by atoms with Gasteiger partial charge in [0.15, 0.2) is 5.78 Å². The normalized spacial score (nSPS) is 10.3. The Morgan fingerprint density at radius 2 is 2.00 bits per heavy atom. The second-order valence-electron chi connectivity index (χ2n) is 4.28. The molecule has 0 N–H and O–H groups in total. The Kier molecular flexibility index (Phi) is 3.37. The Bertz CT molecular complexity index is 644. The molecular formula is C14H14N2O2. The number of hydrogen-bond donors (Lipinski definition) is 0. The van der Waals surface area contributed by atoms with E-state index >= 15 is 0 Å². The summed E-state index contributed by atoms with van der Waals surface area (Å²) in [5.41, 5.74) is 2.01. The first-order chi connectivity index (χ1) is 8.58. The predicted molar refractivity (Wildman–Crippen MR) is 68.7 cm³/mol. The molecule has 0 radical (unpaired) electrons. The van der Waals surface area contributed by atoms with Crippen LogP contribution in [0.3, 0.4) is 0 Å². The number of nitrogens with zero attached hydrogens (tertiary/aromatic N) is 2. The molecule has 0 unspecified atom stereocenters. The monoisotopic (exact) mass is 242 g/mol. The van der Waals surface area contributed by atoms with E-state index < -0.39 is 5.69 Å². The maximum absolute atomic E-state index is 12.1. The van der Waals surface area contributed by atoms with Gasteiger partial charge in [-0.25, -0.2) is 9.78 Å². The number of benzene rings is 1. The van der Waals surface area contributed by atoms with Crippen LogP contribution in [-0.4, -0.2) is 15.3 Å². The molecule has 1 heterocycles. The molecule has 0 amide bonds. The topological polar surface area (TPSA) is 52.0 Å². The van der Waals surface area contributed by atoms with Gasteiger partial charge in [0.2, 0.25) is 0 Å². The predicted octanol–water partition coefficient (Wildman–Crippen LogP) is 1.74. The van der Waals surface area contributed by atoms with Crippen LogP contribution < -0.4 is 5.69 Å². The lowest BCUT2D eigenvalue weighted by molar-refractivity contribution is 0.0969. The van der Waals surface area contributed by atoms with Gasteiger partial charge in [-0.3, -0.25) is 9.36 Å². The first-order valence-electron chi connectivity index (χ1n) is 5.70. The molecule has 2 rings (SSSR count). The Balaban J connectivity index is 2.30. The van der Waals surface area contributed by atoms with Gasteiger partial charge in [-0.05, 0) is 25.0 Å². The van der Waals surface area contributed by atoms with E-state index in [9.17, 15) is 9.59 Å². The van der Waals surface area contributed by atoms with Crippen LogP contribution in [-0.2, 0) is 6.54 Å². The van der Waals surface area contributed by atoms with Crippen LogP contribution in [0.2, 0.25) is 0 Å². The standard InChI is InChI=1S/C14H14N2O2/c1-10-7-15-14(18)16(8-10)9-13(17)12-6-4-3-5-11(12)2/h3-8H,9H2,1-2H3. The Labute approximate surface area is 105 Å². The van der Waals surface area contributed by atoms with Crippen LogP contribution in [0.4, 0.5) is 0 Å². The molecule has 0 saturated carbocycles. The summed E-state index contributed by atoms with van der Waals surface area (Å²) in [5, 5.41) is 0. The van der Waals surface area contributed by atoms with Crippen molar-refractivity contribution in [3.05, 3.63) is 63.8 Å². The van der Waals surface area contributed by atoms with Crippen LogP contribution in [0, 0.1) is 13.8 Å². The van der Waals surface area contributed by atoms with Crippen LogP contribution >= 0.6 is 0 Å². The second kappa shape index (κ2) is 4.96. The second-order valence-corrected chi connectivity index (χ2v) is 4.28. The minimum absolute atomic E-state index is 0.0262. The lowest BCUT2D eigenvalue weighted by Gasteiger charge is -2.07. The van der Waals surface area contributed by atoms with E-state index in [0.717, 1.165) is 11.1 Å². The summed E-state index contributed by atoms with van der Waals surface area (Å²) >= 11 is 0. The van der Waals surface area contributed by atoms with E-state index in [1.807, 2.05) is 32.0 Å². The van der Waals surface area contributed by atoms with Crippen molar-refractivity contribution >= 4 is 5.78 Å². The summed E-state index contributed by atoms with van der Waals surface area (Å²) in [6.45, 7) is 3.74. The molecule has 1 aromatic carbocycles. The fraction of sp³-hybridized carbons (Fsp3) is 0.214. The molecule has 92 valence electrons. The molecule has 4 nitrogen and oxygen atoms in total. The number of carbonyl (C=O) groups excluding carboxylic acids is 1. The molecule has 0 saturated heterocycles. The van der Waals surface area contributed by atoms with Gasteiger partial charge >= 0.3 is 5.69 Å². The third-order valence-electron chi connectivity index (χ3n) is 2.74. The van der Waals surface area contributed by atoms with E-state index in [1.54, 1.807) is 12.3 Å². The third kappa shape index (κ3) is 2.53. The summed E-state index contributed by atoms with van der Waals surface area (Å²) in [7, 11) is 0. The van der Waals surface area contributed by atoms with Crippen molar-refractivity contribution < 1.29 is 4.79 Å². The fourth-order valence-electron chi connectivity index (χ4n) is 1.80. The van der Waals surface area contributed by atoms with Gasteiger partial charge in [0.25, 0.3) is 0 Å². The van der Waals surface area contributed by atoms with E-state index in [1.165, 1.54) is 10.8 Å². The molecule has 1 aromatic heterocycles. The quantitative estimate of drug-likeness (QED) is 0.770. The molecule has 0 aliphatic carbocycles. The highest BCUT2D eigenvalue weighted by molar-refractivity contribution is 5.97. The number of aryl methyl sites for hydroxylation is 2. The van der Waals surface area contributed by atoms with Crippen molar-refractivity contribution in [1.29, 1.82) is 0 Å². The van der Waals surface area contributed by atoms with Crippen LogP contribution in [0.1, 0.15) is 21.5 Å². The van der Waals surface area contributed by atoms with Gasteiger partial charge in [0.05, 0.1) is 6.54 Å². The highest BCUT2D eigenvalue weighted by Crippen LogP contribution is 2.08. The van der Waals surface area contributed by atoms with Crippen molar-refractivity contribution in [2.75, 3.05) is 0 Å². The van der Waals surface area contributed by atoms with E-state index in [4.69, 9.17) is 0 Å². The van der Waals surface area contributed by atoms with Gasteiger partial charge in [-0.15, -0.1) is 0 Å². The minimum Gasteiger partial charge on any atom is -0.292 e. The van der Waals surface area contributed by atoms with Gasteiger partial charge in [0.1, 0.15) is 0 Å². The first-order valence-corrected chi connectivity index (χ1v) is 5.70. The average molecular weight is 242 g/mol. The number of Topliss-reactive ketones (excluding diaryl/α,β-unsaturated/α-hetero) is 1. The van der Waals surface area contributed by atoms with Crippen molar-refractivity contribution in [2.45, 2.75) is 20.4 Å². The largest absolute Gasteiger partial charge is 0.347 e. The molecule has 0 aliphatic heterocycles. The summed E-state index contributed by atoms with van der Waals surface area (Å²) in [6.07, 6.45) is 3.14. The Morgan fingerprint density at radius 1 is 1.28 bits per heavy atom. The van der Waals surface area contributed by atoms with E-state index in [-0.39, 0.29) is 12.3 Å². The van der Waals surface area contributed by atoms with Gasteiger partial charge in [0, 0.05) is 18.0 Å². The lowest BCUT2D eigenvalue weighted by atomic mass is 10.1. The maximum atomic E-state index is 12.1. The third-order valence-corrected chi connectivity index (χ3v) is 2.74. The molecule has 0 bridgehead atoms. The molecule has 0 fully saturated rings. The van der Waals surface area contributed by atoms with Crippen LogP contribution in [0.15, 0.2) is 41.5 Å². The number of ketones is 1. The molecule has 0 aliphatic rings. The van der Waals surface area contributed by atoms with Crippen molar-refractivity contribution in [3.8, 4) is 0 Å². The first kappa shape index (κ1) is 12.2. The van der Waals surface area contributed by atoms with Gasteiger partial charge < -0.3 is 0 Å². The Morgan fingerprint density at radius 3 is 2.72 bits per heavy atom. The number of rotatable bonds is 3. The Hall–Kier alpha value is -2.23. The van der Waals surface area contributed by atoms with E-state index in [2.05, 4.69) is 4.98 Å². The van der Waals surface area contributed by atoms with Crippen molar-refractivity contribution in [1.82, 2.24) is 9.55 Å². The number of hydrogen-bond acceptors (Lipinski definition) is 3. The van der Waals surface area contributed by atoms with Gasteiger partial charge in [-0.2, -0.15) is 0 Å². The number of aromatic nitrogens is 2. The van der Waals surface area contributed by atoms with Gasteiger partial charge in [-0.1, -0.05) is 24.3 Å². The molecule has 0 spiro atoms. The summed E-state index contributed by atoms with van der Waals surface area (Å²) in [4.78, 5) is 27.3. The molecular weight excluding hydrogens is 228 g/mol. The number of carbonyl (C=O) groups is 1. The zero-order valence-corrected chi connectivity index (χ0v) is 10.4. The smallest absolute Gasteiger partial charge is 0.292 e. The van der Waals surface area contributed by atoms with Crippen LogP contribution in [0.5, 0.6) is 0 Å². The average Bonchev–Trinajstić information content (AvgIpc) is 2.34. The lowest BCUT2D eigenvalue weighted by Crippen LogP contribution is -2.26. The highest BCUT2D eigenvalue weighted by atomic mass is 16.2. The van der Waals surface area contributed by atoms with Crippen molar-refractivity contribution in [3.63, 3.8) is 0 Å².